The molecule has 2 atom stereocenters. The second-order valence-electron chi connectivity index (χ2n) is 8.07. The third kappa shape index (κ3) is 3.04. The number of aromatic carboxylic acids is 1. The van der Waals surface area contributed by atoms with Crippen molar-refractivity contribution >= 4 is 22.8 Å². The molecular formula is C22H21FN4O3. The van der Waals surface area contributed by atoms with E-state index in [0.717, 1.165) is 24.5 Å². The highest BCUT2D eigenvalue weighted by molar-refractivity contribution is 5.92. The van der Waals surface area contributed by atoms with Crippen molar-refractivity contribution < 1.29 is 14.3 Å². The highest BCUT2D eigenvalue weighted by Crippen LogP contribution is 2.38. The summed E-state index contributed by atoms with van der Waals surface area (Å²) in [6.07, 6.45) is 3.08. The van der Waals surface area contributed by atoms with Crippen LogP contribution in [0.3, 0.4) is 0 Å². The number of hydrogen-bond donors (Lipinski definition) is 2. The van der Waals surface area contributed by atoms with Crippen LogP contribution in [0.4, 0.5) is 10.2 Å². The molecule has 1 saturated heterocycles. The highest BCUT2D eigenvalue weighted by atomic mass is 19.1. The standard InChI is InChI=1S/C22H21FN4O3/c23-17-8-14-19(28)16(22(29)30)10-27(13-6-7-13)20(14)25-21(17)26-9-15(18(24)11-26)12-4-2-1-3-5-12/h1-5,8,10,13,15,18H,6-7,9,11,24H2,(H,29,30)/t15-,18+/m0/s1. The number of carboxylic acids is 1. The normalized spacial score (nSPS) is 21.3. The van der Waals surface area contributed by atoms with Crippen LogP contribution >= 0.6 is 0 Å². The smallest absolute Gasteiger partial charge is 0.341 e. The molecule has 2 aliphatic rings. The van der Waals surface area contributed by atoms with Gasteiger partial charge in [0.25, 0.3) is 0 Å². The Morgan fingerprint density at radius 2 is 1.93 bits per heavy atom. The van der Waals surface area contributed by atoms with Crippen molar-refractivity contribution in [3.63, 3.8) is 0 Å². The van der Waals surface area contributed by atoms with Gasteiger partial charge in [0, 0.05) is 37.3 Å². The first-order chi connectivity index (χ1) is 14.4. The molecule has 5 rings (SSSR count). The number of rotatable bonds is 4. The Morgan fingerprint density at radius 1 is 1.20 bits per heavy atom. The number of anilines is 1. The summed E-state index contributed by atoms with van der Waals surface area (Å²) < 4.78 is 16.8. The molecule has 30 heavy (non-hydrogen) atoms. The van der Waals surface area contributed by atoms with E-state index in [4.69, 9.17) is 5.73 Å². The summed E-state index contributed by atoms with van der Waals surface area (Å²) in [4.78, 5) is 30.4. The van der Waals surface area contributed by atoms with Crippen LogP contribution in [0.2, 0.25) is 0 Å². The molecular weight excluding hydrogens is 387 g/mol. The Balaban J connectivity index is 1.60. The average Bonchev–Trinajstić information content (AvgIpc) is 3.50. The molecule has 2 fully saturated rings. The van der Waals surface area contributed by atoms with Crippen molar-refractivity contribution in [1.82, 2.24) is 9.55 Å². The Hall–Kier alpha value is -3.26. The predicted octanol–water partition coefficient (Wildman–Crippen LogP) is 2.50. The fourth-order valence-corrected chi connectivity index (χ4v) is 4.30. The van der Waals surface area contributed by atoms with Crippen LogP contribution < -0.4 is 16.1 Å². The first kappa shape index (κ1) is 18.7. The van der Waals surface area contributed by atoms with Gasteiger partial charge in [-0.2, -0.15) is 0 Å². The van der Waals surface area contributed by atoms with Gasteiger partial charge in [0.05, 0.1) is 5.39 Å². The molecule has 2 aromatic heterocycles. The fourth-order valence-electron chi connectivity index (χ4n) is 4.30. The van der Waals surface area contributed by atoms with Gasteiger partial charge >= 0.3 is 5.97 Å². The summed E-state index contributed by atoms with van der Waals surface area (Å²) in [7, 11) is 0. The molecule has 1 saturated carbocycles. The van der Waals surface area contributed by atoms with E-state index in [-0.39, 0.29) is 34.8 Å². The monoisotopic (exact) mass is 408 g/mol. The maximum atomic E-state index is 15.0. The van der Waals surface area contributed by atoms with E-state index in [1.807, 2.05) is 35.2 Å². The zero-order valence-electron chi connectivity index (χ0n) is 16.2. The second kappa shape index (κ2) is 6.91. The van der Waals surface area contributed by atoms with Crippen molar-refractivity contribution in [1.29, 1.82) is 0 Å². The van der Waals surface area contributed by atoms with E-state index < -0.39 is 17.2 Å². The zero-order valence-corrected chi connectivity index (χ0v) is 16.2. The first-order valence-electron chi connectivity index (χ1n) is 9.98. The summed E-state index contributed by atoms with van der Waals surface area (Å²) in [5.74, 6) is -1.78. The summed E-state index contributed by atoms with van der Waals surface area (Å²) in [5.41, 5.74) is 6.69. The van der Waals surface area contributed by atoms with Gasteiger partial charge in [-0.3, -0.25) is 4.79 Å². The number of halogens is 1. The molecule has 0 bridgehead atoms. The summed E-state index contributed by atoms with van der Waals surface area (Å²) in [5, 5.41) is 9.36. The minimum Gasteiger partial charge on any atom is -0.477 e. The number of carbonyl (C=O) groups is 1. The second-order valence-corrected chi connectivity index (χ2v) is 8.07. The van der Waals surface area contributed by atoms with E-state index in [2.05, 4.69) is 4.98 Å². The molecule has 7 nitrogen and oxygen atoms in total. The SMILES string of the molecule is N[C@@H]1CN(c2nc3c(cc2F)c(=O)c(C(=O)O)cn3C2CC2)C[C@H]1c1ccccc1. The molecule has 3 aromatic rings. The van der Waals surface area contributed by atoms with Crippen LogP contribution in [0.25, 0.3) is 11.0 Å². The number of benzene rings is 1. The van der Waals surface area contributed by atoms with Gasteiger partial charge in [-0.25, -0.2) is 14.2 Å². The molecule has 0 amide bonds. The van der Waals surface area contributed by atoms with Crippen molar-refractivity contribution in [2.75, 3.05) is 18.0 Å². The van der Waals surface area contributed by atoms with Crippen LogP contribution in [0.15, 0.2) is 47.4 Å². The summed E-state index contributed by atoms with van der Waals surface area (Å²) in [6.45, 7) is 0.956. The molecule has 1 aromatic carbocycles. The lowest BCUT2D eigenvalue weighted by atomic mass is 9.95. The topological polar surface area (TPSA) is 101 Å². The molecule has 0 unspecified atom stereocenters. The quantitative estimate of drug-likeness (QED) is 0.688. The molecule has 8 heteroatoms. The fraction of sp³-hybridized carbons (Fsp3) is 0.318. The number of aromatic nitrogens is 2. The van der Waals surface area contributed by atoms with E-state index in [1.165, 1.54) is 6.20 Å². The van der Waals surface area contributed by atoms with Crippen LogP contribution in [-0.2, 0) is 0 Å². The number of carboxylic acid groups (broad SMARTS) is 1. The van der Waals surface area contributed by atoms with Crippen LogP contribution in [0.1, 0.15) is 40.7 Å². The van der Waals surface area contributed by atoms with Gasteiger partial charge in [-0.1, -0.05) is 30.3 Å². The average molecular weight is 408 g/mol. The van der Waals surface area contributed by atoms with Gasteiger partial charge in [0.1, 0.15) is 11.2 Å². The van der Waals surface area contributed by atoms with Crippen molar-refractivity contribution in [2.24, 2.45) is 5.73 Å². The van der Waals surface area contributed by atoms with Gasteiger partial charge in [0.2, 0.25) is 5.43 Å². The third-order valence-corrected chi connectivity index (χ3v) is 6.00. The molecule has 3 heterocycles. The van der Waals surface area contributed by atoms with E-state index in [9.17, 15) is 14.7 Å². The minimum atomic E-state index is -1.32. The summed E-state index contributed by atoms with van der Waals surface area (Å²) in [6, 6.07) is 10.9. The zero-order chi connectivity index (χ0) is 21.0. The predicted molar refractivity (Wildman–Crippen MR) is 111 cm³/mol. The van der Waals surface area contributed by atoms with E-state index in [1.54, 1.807) is 4.57 Å². The van der Waals surface area contributed by atoms with Gasteiger partial charge in [-0.15, -0.1) is 0 Å². The maximum Gasteiger partial charge on any atom is 0.341 e. The number of nitrogens with zero attached hydrogens (tertiary/aromatic N) is 3. The molecule has 3 N–H and O–H groups in total. The minimum absolute atomic E-state index is 0.00819. The van der Waals surface area contributed by atoms with Crippen LogP contribution in [0, 0.1) is 5.82 Å². The lowest BCUT2D eigenvalue weighted by Crippen LogP contribution is -2.29. The molecule has 1 aliphatic heterocycles. The highest BCUT2D eigenvalue weighted by Gasteiger charge is 2.34. The number of pyridine rings is 2. The lowest BCUT2D eigenvalue weighted by Gasteiger charge is -2.20. The van der Waals surface area contributed by atoms with E-state index in [0.29, 0.717) is 18.7 Å². The Kier molecular flexibility index (Phi) is 4.32. The van der Waals surface area contributed by atoms with Crippen molar-refractivity contribution in [2.45, 2.75) is 30.8 Å². The van der Waals surface area contributed by atoms with Crippen molar-refractivity contribution in [3.8, 4) is 0 Å². The van der Waals surface area contributed by atoms with Crippen LogP contribution in [0.5, 0.6) is 0 Å². The van der Waals surface area contributed by atoms with Gasteiger partial charge < -0.3 is 20.3 Å². The number of fused-ring (bicyclic) bond motifs is 1. The largest absolute Gasteiger partial charge is 0.477 e. The van der Waals surface area contributed by atoms with Gasteiger partial charge in [0.15, 0.2) is 11.6 Å². The Bertz CT molecular complexity index is 1210. The third-order valence-electron chi connectivity index (χ3n) is 6.00. The lowest BCUT2D eigenvalue weighted by molar-refractivity contribution is 0.0695. The Labute approximate surface area is 171 Å². The molecule has 0 radical (unpaired) electrons. The molecule has 154 valence electrons. The van der Waals surface area contributed by atoms with Crippen LogP contribution in [-0.4, -0.2) is 39.8 Å². The number of hydrogen-bond acceptors (Lipinski definition) is 5. The summed E-state index contributed by atoms with van der Waals surface area (Å²) >= 11 is 0. The molecule has 1 aliphatic carbocycles. The maximum absolute atomic E-state index is 15.0. The van der Waals surface area contributed by atoms with E-state index >= 15 is 4.39 Å². The Morgan fingerprint density at radius 3 is 2.60 bits per heavy atom. The first-order valence-corrected chi connectivity index (χ1v) is 9.98. The molecule has 0 spiro atoms. The van der Waals surface area contributed by atoms with Gasteiger partial charge in [-0.05, 0) is 24.5 Å². The van der Waals surface area contributed by atoms with Crippen molar-refractivity contribution in [3.05, 3.63) is 69.8 Å². The number of nitrogens with two attached hydrogens (primary N) is 1.